The molecular formula is C22H25N3O4S. The van der Waals surface area contributed by atoms with Gasteiger partial charge in [0.05, 0.1) is 13.2 Å². The Balaban J connectivity index is 1.47. The van der Waals surface area contributed by atoms with Gasteiger partial charge in [-0.2, -0.15) is 0 Å². The van der Waals surface area contributed by atoms with Crippen molar-refractivity contribution in [3.8, 4) is 5.75 Å². The van der Waals surface area contributed by atoms with Crippen molar-refractivity contribution in [2.24, 2.45) is 0 Å². The maximum absolute atomic E-state index is 12.5. The highest BCUT2D eigenvalue weighted by atomic mass is 32.1. The van der Waals surface area contributed by atoms with E-state index < -0.39 is 0 Å². The van der Waals surface area contributed by atoms with Gasteiger partial charge in [-0.25, -0.2) is 0 Å². The summed E-state index contributed by atoms with van der Waals surface area (Å²) in [5.74, 6) is 0.261. The first-order valence-electron chi connectivity index (χ1n) is 9.70. The van der Waals surface area contributed by atoms with E-state index in [4.69, 9.17) is 21.7 Å². The van der Waals surface area contributed by atoms with E-state index in [1.807, 2.05) is 32.0 Å². The minimum Gasteiger partial charge on any atom is -0.484 e. The molecule has 0 radical (unpaired) electrons. The van der Waals surface area contributed by atoms with Gasteiger partial charge in [0.15, 0.2) is 11.7 Å². The van der Waals surface area contributed by atoms with Gasteiger partial charge in [-0.15, -0.1) is 0 Å². The molecule has 2 aromatic carbocycles. The van der Waals surface area contributed by atoms with Crippen molar-refractivity contribution in [1.29, 1.82) is 0 Å². The zero-order valence-electron chi connectivity index (χ0n) is 17.1. The van der Waals surface area contributed by atoms with Crippen molar-refractivity contribution >= 4 is 34.8 Å². The lowest BCUT2D eigenvalue weighted by atomic mass is 10.1. The van der Waals surface area contributed by atoms with Crippen LogP contribution in [-0.2, 0) is 9.53 Å². The molecule has 0 unspecified atom stereocenters. The summed E-state index contributed by atoms with van der Waals surface area (Å²) in [6.45, 7) is 6.12. The number of anilines is 1. The summed E-state index contributed by atoms with van der Waals surface area (Å²) in [5.41, 5.74) is 3.41. The van der Waals surface area contributed by atoms with E-state index in [9.17, 15) is 9.59 Å². The summed E-state index contributed by atoms with van der Waals surface area (Å²) in [4.78, 5) is 26.3. The number of rotatable bonds is 5. The fourth-order valence-electron chi connectivity index (χ4n) is 3.14. The van der Waals surface area contributed by atoms with Crippen LogP contribution in [-0.4, -0.2) is 54.7 Å². The first-order valence-corrected chi connectivity index (χ1v) is 10.1. The van der Waals surface area contributed by atoms with Gasteiger partial charge in [0.1, 0.15) is 5.75 Å². The molecule has 1 aliphatic rings. The van der Waals surface area contributed by atoms with Gasteiger partial charge in [-0.05, 0) is 73.6 Å². The largest absolute Gasteiger partial charge is 0.484 e. The third-order valence-corrected chi connectivity index (χ3v) is 4.71. The highest BCUT2D eigenvalue weighted by molar-refractivity contribution is 7.80. The van der Waals surface area contributed by atoms with Gasteiger partial charge in [0.25, 0.3) is 11.8 Å². The SMILES string of the molecule is Cc1cc(C)cc(OCC(=O)NC(=S)Nc2ccc(C(=O)N3CCOCC3)cc2)c1. The number of benzene rings is 2. The highest BCUT2D eigenvalue weighted by Gasteiger charge is 2.18. The van der Waals surface area contributed by atoms with Gasteiger partial charge in [0, 0.05) is 24.3 Å². The molecule has 30 heavy (non-hydrogen) atoms. The van der Waals surface area contributed by atoms with Crippen LogP contribution in [0.25, 0.3) is 0 Å². The summed E-state index contributed by atoms with van der Waals surface area (Å²) in [5, 5.41) is 5.68. The molecule has 7 nitrogen and oxygen atoms in total. The fourth-order valence-corrected chi connectivity index (χ4v) is 3.37. The molecule has 0 atom stereocenters. The summed E-state index contributed by atoms with van der Waals surface area (Å²) >= 11 is 5.18. The lowest BCUT2D eigenvalue weighted by Gasteiger charge is -2.26. The highest BCUT2D eigenvalue weighted by Crippen LogP contribution is 2.16. The normalized spacial score (nSPS) is 13.5. The maximum Gasteiger partial charge on any atom is 0.264 e. The average molecular weight is 428 g/mol. The Morgan fingerprint density at radius 1 is 1.07 bits per heavy atom. The van der Waals surface area contributed by atoms with E-state index >= 15 is 0 Å². The second-order valence-electron chi connectivity index (χ2n) is 7.10. The summed E-state index contributed by atoms with van der Waals surface area (Å²) < 4.78 is 10.8. The van der Waals surface area contributed by atoms with Crippen LogP contribution in [0.4, 0.5) is 5.69 Å². The molecule has 8 heteroatoms. The molecule has 158 valence electrons. The van der Waals surface area contributed by atoms with Crippen molar-refractivity contribution in [1.82, 2.24) is 10.2 Å². The van der Waals surface area contributed by atoms with Crippen LogP contribution in [0, 0.1) is 13.8 Å². The molecule has 0 bridgehead atoms. The molecular weight excluding hydrogens is 402 g/mol. The lowest BCUT2D eigenvalue weighted by molar-refractivity contribution is -0.121. The second-order valence-corrected chi connectivity index (χ2v) is 7.50. The number of nitrogens with one attached hydrogen (secondary N) is 2. The van der Waals surface area contributed by atoms with E-state index in [0.29, 0.717) is 43.3 Å². The van der Waals surface area contributed by atoms with E-state index in [2.05, 4.69) is 10.6 Å². The van der Waals surface area contributed by atoms with Crippen LogP contribution >= 0.6 is 12.2 Å². The molecule has 0 aliphatic carbocycles. The Labute approximate surface area is 181 Å². The van der Waals surface area contributed by atoms with Crippen LogP contribution < -0.4 is 15.4 Å². The monoisotopic (exact) mass is 427 g/mol. The predicted octanol–water partition coefficient (Wildman–Crippen LogP) is 2.67. The Kier molecular flexibility index (Phi) is 7.37. The topological polar surface area (TPSA) is 79.9 Å². The number of thiocarbonyl (C=S) groups is 1. The maximum atomic E-state index is 12.5. The van der Waals surface area contributed by atoms with E-state index in [1.54, 1.807) is 29.2 Å². The van der Waals surface area contributed by atoms with Gasteiger partial charge < -0.3 is 19.7 Å². The van der Waals surface area contributed by atoms with Crippen molar-refractivity contribution in [2.45, 2.75) is 13.8 Å². The quantitative estimate of drug-likeness (QED) is 0.715. The summed E-state index contributed by atoms with van der Waals surface area (Å²) in [7, 11) is 0. The molecule has 2 N–H and O–H groups in total. The lowest BCUT2D eigenvalue weighted by Crippen LogP contribution is -2.40. The van der Waals surface area contributed by atoms with Crippen molar-refractivity contribution < 1.29 is 19.1 Å². The zero-order chi connectivity index (χ0) is 21.5. The summed E-state index contributed by atoms with van der Waals surface area (Å²) in [6, 6.07) is 12.7. The number of amides is 2. The molecule has 3 rings (SSSR count). The number of ether oxygens (including phenoxy) is 2. The third kappa shape index (κ3) is 6.27. The molecule has 1 fully saturated rings. The van der Waals surface area contributed by atoms with Crippen LogP contribution in [0.2, 0.25) is 0 Å². The standard InChI is InChI=1S/C22H25N3O4S/c1-15-11-16(2)13-19(12-15)29-14-20(26)24-22(30)23-18-5-3-17(4-6-18)21(27)25-7-9-28-10-8-25/h3-6,11-13H,7-10,14H2,1-2H3,(H2,23,24,26,30). The number of morpholine rings is 1. The van der Waals surface area contributed by atoms with E-state index in [1.165, 1.54) is 0 Å². The molecule has 0 spiro atoms. The first kappa shape index (κ1) is 21.7. The number of hydrogen-bond acceptors (Lipinski definition) is 5. The van der Waals surface area contributed by atoms with Crippen LogP contribution in [0.15, 0.2) is 42.5 Å². The van der Waals surface area contributed by atoms with E-state index in [-0.39, 0.29) is 23.5 Å². The first-order chi connectivity index (χ1) is 14.4. The van der Waals surface area contributed by atoms with Gasteiger partial charge in [0.2, 0.25) is 0 Å². The fraction of sp³-hybridized carbons (Fsp3) is 0.318. The molecule has 1 aliphatic heterocycles. The van der Waals surface area contributed by atoms with Crippen molar-refractivity contribution in [3.63, 3.8) is 0 Å². The Hall–Kier alpha value is -2.97. The minimum atomic E-state index is -0.356. The Morgan fingerprint density at radius 3 is 2.33 bits per heavy atom. The average Bonchev–Trinajstić information content (AvgIpc) is 2.72. The van der Waals surface area contributed by atoms with Crippen molar-refractivity contribution in [3.05, 3.63) is 59.2 Å². The van der Waals surface area contributed by atoms with Gasteiger partial charge >= 0.3 is 0 Å². The number of aryl methyl sites for hydroxylation is 2. The number of nitrogens with zero attached hydrogens (tertiary/aromatic N) is 1. The van der Waals surface area contributed by atoms with Gasteiger partial charge in [-0.3, -0.25) is 14.9 Å². The third-order valence-electron chi connectivity index (χ3n) is 4.51. The van der Waals surface area contributed by atoms with Crippen LogP contribution in [0.3, 0.4) is 0 Å². The summed E-state index contributed by atoms with van der Waals surface area (Å²) in [6.07, 6.45) is 0. The minimum absolute atomic E-state index is 0.0238. The van der Waals surface area contributed by atoms with E-state index in [0.717, 1.165) is 11.1 Å². The Morgan fingerprint density at radius 2 is 1.70 bits per heavy atom. The smallest absolute Gasteiger partial charge is 0.264 e. The Bertz CT molecular complexity index is 904. The van der Waals surface area contributed by atoms with Crippen LogP contribution in [0.1, 0.15) is 21.5 Å². The molecule has 1 heterocycles. The second kappa shape index (κ2) is 10.2. The molecule has 2 amide bonds. The predicted molar refractivity (Wildman–Crippen MR) is 119 cm³/mol. The number of carbonyl (C=O) groups excluding carboxylic acids is 2. The molecule has 1 saturated heterocycles. The molecule has 0 saturated carbocycles. The van der Waals surface area contributed by atoms with Crippen LogP contribution in [0.5, 0.6) is 5.75 Å². The zero-order valence-corrected chi connectivity index (χ0v) is 17.9. The molecule has 2 aromatic rings. The number of carbonyl (C=O) groups is 2. The van der Waals surface area contributed by atoms with Crippen molar-refractivity contribution in [2.75, 3.05) is 38.2 Å². The molecule has 0 aromatic heterocycles. The number of hydrogen-bond donors (Lipinski definition) is 2. The van der Waals surface area contributed by atoms with Gasteiger partial charge in [-0.1, -0.05) is 6.07 Å².